The Labute approximate surface area is 187 Å². The topological polar surface area (TPSA) is 85.7 Å². The van der Waals surface area contributed by atoms with Crippen molar-refractivity contribution in [2.45, 2.75) is 71.3 Å². The summed E-state index contributed by atoms with van der Waals surface area (Å²) in [6, 6.07) is 2.42. The highest BCUT2D eigenvalue weighted by atomic mass is 16.5. The second-order valence-electron chi connectivity index (χ2n) is 10.4. The van der Waals surface area contributed by atoms with E-state index in [2.05, 4.69) is 30.1 Å². The van der Waals surface area contributed by atoms with Gasteiger partial charge in [-0.25, -0.2) is 0 Å². The first kappa shape index (κ1) is 24.0. The molecule has 1 N–H and O–H groups in total. The SMILES string of the molecule is CC(C)CN1CCC(C#N)(NC(=O)C(C)(CC(=O)N2CCOCC2)C2CCCCC2)C1. The molecule has 31 heavy (non-hydrogen) atoms. The van der Waals surface area contributed by atoms with Crippen molar-refractivity contribution < 1.29 is 14.3 Å². The molecule has 3 aliphatic rings. The molecule has 0 aromatic rings. The fourth-order valence-corrected chi connectivity index (χ4v) is 5.53. The summed E-state index contributed by atoms with van der Waals surface area (Å²) < 4.78 is 5.38. The van der Waals surface area contributed by atoms with Crippen LogP contribution in [0, 0.1) is 28.6 Å². The summed E-state index contributed by atoms with van der Waals surface area (Å²) in [4.78, 5) is 31.0. The van der Waals surface area contributed by atoms with E-state index in [-0.39, 0.29) is 24.2 Å². The smallest absolute Gasteiger partial charge is 0.228 e. The van der Waals surface area contributed by atoms with Crippen LogP contribution in [0.15, 0.2) is 0 Å². The molecule has 2 atom stereocenters. The minimum atomic E-state index is -0.857. The Kier molecular flexibility index (Phi) is 7.98. The Balaban J connectivity index is 1.75. The van der Waals surface area contributed by atoms with Gasteiger partial charge in [0.1, 0.15) is 5.54 Å². The zero-order valence-corrected chi connectivity index (χ0v) is 19.6. The fraction of sp³-hybridized carbons (Fsp3) is 0.875. The number of hydrogen-bond acceptors (Lipinski definition) is 5. The highest BCUT2D eigenvalue weighted by Crippen LogP contribution is 2.42. The number of morpholine rings is 1. The lowest BCUT2D eigenvalue weighted by Gasteiger charge is -2.41. The van der Waals surface area contributed by atoms with Gasteiger partial charge in [0.05, 0.1) is 24.7 Å². The predicted octanol–water partition coefficient (Wildman–Crippen LogP) is 2.56. The van der Waals surface area contributed by atoms with Crippen molar-refractivity contribution in [1.82, 2.24) is 15.1 Å². The summed E-state index contributed by atoms with van der Waals surface area (Å²) in [7, 11) is 0. The Morgan fingerprint density at radius 2 is 1.87 bits per heavy atom. The normalized spacial score (nSPS) is 27.6. The molecular formula is C24H40N4O3. The van der Waals surface area contributed by atoms with E-state index >= 15 is 0 Å². The summed E-state index contributed by atoms with van der Waals surface area (Å²) >= 11 is 0. The van der Waals surface area contributed by atoms with Gasteiger partial charge in [-0.15, -0.1) is 0 Å². The Hall–Kier alpha value is -1.65. The quantitative estimate of drug-likeness (QED) is 0.668. The van der Waals surface area contributed by atoms with Crippen molar-refractivity contribution in [2.75, 3.05) is 45.9 Å². The lowest BCUT2D eigenvalue weighted by atomic mass is 9.67. The van der Waals surface area contributed by atoms with Gasteiger partial charge >= 0.3 is 0 Å². The standard InChI is InChI=1S/C24H40N4O3/c1-19(2)16-27-10-9-24(17-25,18-27)26-22(30)23(3,20-7-5-4-6-8-20)15-21(29)28-11-13-31-14-12-28/h19-20H,4-16,18H2,1-3H3,(H,26,30). The molecule has 7 nitrogen and oxygen atoms in total. The van der Waals surface area contributed by atoms with Gasteiger partial charge in [-0.1, -0.05) is 33.1 Å². The molecule has 3 fully saturated rings. The second kappa shape index (κ2) is 10.3. The van der Waals surface area contributed by atoms with E-state index < -0.39 is 11.0 Å². The molecule has 0 bridgehead atoms. The van der Waals surface area contributed by atoms with Gasteiger partial charge in [0.15, 0.2) is 0 Å². The van der Waals surface area contributed by atoms with E-state index in [1.165, 1.54) is 6.42 Å². The molecule has 2 aliphatic heterocycles. The van der Waals surface area contributed by atoms with Crippen LogP contribution < -0.4 is 5.32 Å². The van der Waals surface area contributed by atoms with Gasteiger partial charge in [-0.05, 0) is 38.0 Å². The Morgan fingerprint density at radius 1 is 1.19 bits per heavy atom. The molecule has 2 saturated heterocycles. The van der Waals surface area contributed by atoms with Gasteiger partial charge in [-0.3, -0.25) is 14.5 Å². The first-order valence-electron chi connectivity index (χ1n) is 12.1. The average Bonchev–Trinajstić information content (AvgIpc) is 3.17. The summed E-state index contributed by atoms with van der Waals surface area (Å²) in [5.41, 5.74) is -1.64. The number of rotatable bonds is 7. The Bertz CT molecular complexity index is 679. The number of amides is 2. The third-order valence-electron chi connectivity index (χ3n) is 7.45. The van der Waals surface area contributed by atoms with E-state index in [1.54, 1.807) is 0 Å². The number of carbonyl (C=O) groups excluding carboxylic acids is 2. The average molecular weight is 433 g/mol. The number of nitriles is 1. The summed E-state index contributed by atoms with van der Waals surface area (Å²) in [6.07, 6.45) is 6.19. The van der Waals surface area contributed by atoms with Crippen molar-refractivity contribution in [1.29, 1.82) is 5.26 Å². The first-order valence-corrected chi connectivity index (χ1v) is 12.1. The van der Waals surface area contributed by atoms with E-state index in [0.717, 1.165) is 38.8 Å². The molecule has 0 spiro atoms. The van der Waals surface area contributed by atoms with E-state index in [1.807, 2.05) is 11.8 Å². The van der Waals surface area contributed by atoms with Crippen molar-refractivity contribution in [3.05, 3.63) is 0 Å². The second-order valence-corrected chi connectivity index (χ2v) is 10.4. The van der Waals surface area contributed by atoms with Crippen molar-refractivity contribution >= 4 is 11.8 Å². The first-order chi connectivity index (χ1) is 14.8. The van der Waals surface area contributed by atoms with Crippen molar-refractivity contribution in [3.63, 3.8) is 0 Å². The van der Waals surface area contributed by atoms with Crippen molar-refractivity contribution in [2.24, 2.45) is 17.3 Å². The van der Waals surface area contributed by atoms with Crippen LogP contribution in [0.5, 0.6) is 0 Å². The third kappa shape index (κ3) is 5.78. The molecule has 174 valence electrons. The zero-order chi connectivity index (χ0) is 22.5. The number of likely N-dealkylation sites (tertiary alicyclic amines) is 1. The number of hydrogen-bond donors (Lipinski definition) is 1. The highest BCUT2D eigenvalue weighted by Gasteiger charge is 2.48. The van der Waals surface area contributed by atoms with Crippen LogP contribution in [0.3, 0.4) is 0 Å². The monoisotopic (exact) mass is 432 g/mol. The van der Waals surface area contributed by atoms with E-state index in [0.29, 0.717) is 45.2 Å². The summed E-state index contributed by atoms with van der Waals surface area (Å²) in [5.74, 6) is 0.610. The molecule has 0 aromatic carbocycles. The largest absolute Gasteiger partial charge is 0.378 e. The van der Waals surface area contributed by atoms with Crippen LogP contribution in [-0.4, -0.2) is 73.1 Å². The molecule has 0 aromatic heterocycles. The molecule has 7 heteroatoms. The van der Waals surface area contributed by atoms with Gasteiger partial charge in [0.25, 0.3) is 0 Å². The molecular weight excluding hydrogens is 392 g/mol. The van der Waals surface area contributed by atoms with Gasteiger partial charge in [-0.2, -0.15) is 5.26 Å². The zero-order valence-electron chi connectivity index (χ0n) is 19.6. The van der Waals surface area contributed by atoms with Crippen LogP contribution in [-0.2, 0) is 14.3 Å². The highest BCUT2D eigenvalue weighted by molar-refractivity contribution is 5.89. The minimum Gasteiger partial charge on any atom is -0.378 e. The summed E-state index contributed by atoms with van der Waals surface area (Å²) in [6.45, 7) is 10.9. The maximum absolute atomic E-state index is 13.8. The molecule has 3 rings (SSSR count). The summed E-state index contributed by atoms with van der Waals surface area (Å²) in [5, 5.41) is 13.2. The van der Waals surface area contributed by atoms with Crippen LogP contribution >= 0.6 is 0 Å². The van der Waals surface area contributed by atoms with Crippen molar-refractivity contribution in [3.8, 4) is 6.07 Å². The van der Waals surface area contributed by atoms with E-state index in [4.69, 9.17) is 4.74 Å². The van der Waals surface area contributed by atoms with Gasteiger partial charge in [0, 0.05) is 39.1 Å². The van der Waals surface area contributed by atoms with Crippen LogP contribution in [0.2, 0.25) is 0 Å². The lowest BCUT2D eigenvalue weighted by Crippen LogP contribution is -2.57. The van der Waals surface area contributed by atoms with Crippen LogP contribution in [0.25, 0.3) is 0 Å². The molecule has 1 saturated carbocycles. The number of nitrogens with one attached hydrogen (secondary N) is 1. The maximum Gasteiger partial charge on any atom is 0.228 e. The number of ether oxygens (including phenoxy) is 1. The van der Waals surface area contributed by atoms with E-state index in [9.17, 15) is 14.9 Å². The van der Waals surface area contributed by atoms with Gasteiger partial charge in [0.2, 0.25) is 11.8 Å². The fourth-order valence-electron chi connectivity index (χ4n) is 5.53. The third-order valence-corrected chi connectivity index (χ3v) is 7.45. The number of nitrogens with zero attached hydrogens (tertiary/aromatic N) is 3. The Morgan fingerprint density at radius 3 is 2.48 bits per heavy atom. The van der Waals surface area contributed by atoms with Crippen LogP contribution in [0.1, 0.15) is 65.7 Å². The molecule has 2 amide bonds. The molecule has 2 unspecified atom stereocenters. The van der Waals surface area contributed by atoms with Crippen LogP contribution in [0.4, 0.5) is 0 Å². The lowest BCUT2D eigenvalue weighted by molar-refractivity contribution is -0.147. The molecule has 1 aliphatic carbocycles. The number of carbonyl (C=O) groups is 2. The maximum atomic E-state index is 13.8. The molecule has 0 radical (unpaired) electrons. The van der Waals surface area contributed by atoms with Gasteiger partial charge < -0.3 is 15.0 Å². The minimum absolute atomic E-state index is 0.0328. The predicted molar refractivity (Wildman–Crippen MR) is 119 cm³/mol. The molecule has 2 heterocycles.